The third-order valence-electron chi connectivity index (χ3n) is 8.47. The quantitative estimate of drug-likeness (QED) is 0.310. The van der Waals surface area contributed by atoms with Gasteiger partial charge in [0.05, 0.1) is 23.3 Å². The molecule has 0 heterocycles. The Bertz CT molecular complexity index is 1380. The van der Waals surface area contributed by atoms with Crippen molar-refractivity contribution < 1.29 is 14.3 Å². The molecule has 2 aliphatic carbocycles. The van der Waals surface area contributed by atoms with Crippen molar-refractivity contribution in [2.45, 2.75) is 43.7 Å². The summed E-state index contributed by atoms with van der Waals surface area (Å²) in [5, 5.41) is 22.0. The van der Waals surface area contributed by atoms with Gasteiger partial charge >= 0.3 is 6.03 Å². The number of rotatable bonds is 10. The fourth-order valence-electron chi connectivity index (χ4n) is 6.27. The molecular formula is C32H34ClFN4O2. The molecule has 208 valence electrons. The Morgan fingerprint density at radius 2 is 1.93 bits per heavy atom. The summed E-state index contributed by atoms with van der Waals surface area (Å²) in [4.78, 5) is 17.7. The predicted molar refractivity (Wildman–Crippen MR) is 155 cm³/mol. The molecule has 6 nitrogen and oxygen atoms in total. The van der Waals surface area contributed by atoms with Gasteiger partial charge in [-0.2, -0.15) is 5.26 Å². The number of hydrogen-bond donors (Lipinski definition) is 2. The van der Waals surface area contributed by atoms with Crippen molar-refractivity contribution in [1.29, 1.82) is 5.26 Å². The van der Waals surface area contributed by atoms with Crippen LogP contribution < -0.4 is 5.32 Å². The number of halogens is 2. The second-order valence-corrected chi connectivity index (χ2v) is 11.3. The van der Waals surface area contributed by atoms with Crippen LogP contribution in [0.2, 0.25) is 5.02 Å². The molecule has 2 N–H and O–H groups in total. The second-order valence-electron chi connectivity index (χ2n) is 10.9. The van der Waals surface area contributed by atoms with E-state index >= 15 is 0 Å². The number of aliphatic hydroxyl groups is 1. The highest BCUT2D eigenvalue weighted by atomic mass is 35.5. The maximum atomic E-state index is 13.7. The molecule has 2 saturated carbocycles. The largest absolute Gasteiger partial charge is 0.395 e. The lowest BCUT2D eigenvalue weighted by molar-refractivity contribution is 0.133. The number of hydrogen-bond acceptors (Lipinski definition) is 4. The molecule has 2 amide bonds. The predicted octanol–water partition coefficient (Wildman–Crippen LogP) is 6.19. The van der Waals surface area contributed by atoms with Gasteiger partial charge in [0.25, 0.3) is 0 Å². The van der Waals surface area contributed by atoms with E-state index in [0.29, 0.717) is 43.3 Å². The molecule has 0 aliphatic heterocycles. The number of nitriles is 1. The first-order valence-electron chi connectivity index (χ1n) is 13.8. The Labute approximate surface area is 240 Å². The highest BCUT2D eigenvalue weighted by Crippen LogP contribution is 2.62. The fourth-order valence-corrected chi connectivity index (χ4v) is 6.45. The van der Waals surface area contributed by atoms with Crippen molar-refractivity contribution in [2.75, 3.05) is 31.6 Å². The van der Waals surface area contributed by atoms with Crippen LogP contribution >= 0.6 is 11.6 Å². The molecule has 3 aromatic rings. The number of nitrogens with zero attached hydrogens (tertiary/aromatic N) is 3. The third kappa shape index (κ3) is 6.31. The molecule has 3 aromatic carbocycles. The van der Waals surface area contributed by atoms with E-state index in [1.54, 1.807) is 0 Å². The van der Waals surface area contributed by atoms with Crippen molar-refractivity contribution in [3.05, 3.63) is 100 Å². The zero-order valence-electron chi connectivity index (χ0n) is 22.4. The normalized spacial score (nSPS) is 21.4. The van der Waals surface area contributed by atoms with Crippen molar-refractivity contribution in [3.63, 3.8) is 0 Å². The molecule has 2 fully saturated rings. The van der Waals surface area contributed by atoms with E-state index < -0.39 is 5.82 Å². The summed E-state index contributed by atoms with van der Waals surface area (Å²) in [7, 11) is 0. The first-order chi connectivity index (χ1) is 19.4. The SMILES string of the molecule is N#Cc1cccc([C@]23CC[C@@H](N(CCN(CCO)Cc4ccccc4)C(=O)Nc4ccc(F)c(Cl)c4)CC2C3)c1. The van der Waals surface area contributed by atoms with Crippen LogP contribution in [0, 0.1) is 23.1 Å². The number of anilines is 1. The van der Waals surface area contributed by atoms with Gasteiger partial charge in [0.15, 0.2) is 0 Å². The number of carbonyl (C=O) groups is 1. The smallest absolute Gasteiger partial charge is 0.322 e. The van der Waals surface area contributed by atoms with Crippen molar-refractivity contribution in [2.24, 2.45) is 5.92 Å². The van der Waals surface area contributed by atoms with Crippen LogP contribution in [0.25, 0.3) is 0 Å². The van der Waals surface area contributed by atoms with Crippen molar-refractivity contribution in [3.8, 4) is 6.07 Å². The maximum absolute atomic E-state index is 13.7. The summed E-state index contributed by atoms with van der Waals surface area (Å²) in [5.74, 6) is -0.0801. The van der Waals surface area contributed by atoms with Gasteiger partial charge in [0, 0.05) is 37.9 Å². The van der Waals surface area contributed by atoms with E-state index in [-0.39, 0.29) is 29.1 Å². The molecule has 1 unspecified atom stereocenters. The summed E-state index contributed by atoms with van der Waals surface area (Å²) in [5.41, 5.74) is 3.59. The Morgan fingerprint density at radius 3 is 2.65 bits per heavy atom. The van der Waals surface area contributed by atoms with E-state index in [1.165, 1.54) is 23.8 Å². The van der Waals surface area contributed by atoms with Crippen LogP contribution in [0.15, 0.2) is 72.8 Å². The van der Waals surface area contributed by atoms with Gasteiger partial charge < -0.3 is 15.3 Å². The Morgan fingerprint density at radius 1 is 1.10 bits per heavy atom. The monoisotopic (exact) mass is 560 g/mol. The van der Waals surface area contributed by atoms with E-state index in [0.717, 1.165) is 31.2 Å². The Hall–Kier alpha value is -3.44. The molecule has 8 heteroatoms. The number of carbonyl (C=O) groups excluding carboxylic acids is 1. The average Bonchev–Trinajstić information content (AvgIpc) is 3.71. The van der Waals surface area contributed by atoms with E-state index in [9.17, 15) is 19.6 Å². The van der Waals surface area contributed by atoms with Crippen LogP contribution in [-0.2, 0) is 12.0 Å². The minimum absolute atomic E-state index is 0.0306. The minimum Gasteiger partial charge on any atom is -0.395 e. The van der Waals surface area contributed by atoms with Crippen LogP contribution in [-0.4, -0.2) is 53.2 Å². The first kappa shape index (κ1) is 28.1. The maximum Gasteiger partial charge on any atom is 0.322 e. The molecular weight excluding hydrogens is 527 g/mol. The van der Waals surface area contributed by atoms with Gasteiger partial charge in [0.2, 0.25) is 0 Å². The van der Waals surface area contributed by atoms with Gasteiger partial charge in [0.1, 0.15) is 5.82 Å². The first-order valence-corrected chi connectivity index (χ1v) is 14.2. The fraction of sp³-hybridized carbons (Fsp3) is 0.375. The van der Waals surface area contributed by atoms with Gasteiger partial charge in [-0.1, -0.05) is 54.1 Å². The highest BCUT2D eigenvalue weighted by Gasteiger charge is 2.58. The number of fused-ring (bicyclic) bond motifs is 1. The van der Waals surface area contributed by atoms with Gasteiger partial charge in [-0.25, -0.2) is 9.18 Å². The Kier molecular flexibility index (Phi) is 8.70. The van der Waals surface area contributed by atoms with Gasteiger partial charge in [-0.3, -0.25) is 4.90 Å². The minimum atomic E-state index is -0.532. The summed E-state index contributed by atoms with van der Waals surface area (Å²) in [6.07, 6.45) is 3.75. The highest BCUT2D eigenvalue weighted by molar-refractivity contribution is 6.31. The zero-order valence-corrected chi connectivity index (χ0v) is 23.2. The van der Waals surface area contributed by atoms with E-state index in [2.05, 4.69) is 34.5 Å². The lowest BCUT2D eigenvalue weighted by Gasteiger charge is -2.38. The second kappa shape index (κ2) is 12.4. The molecule has 2 aliphatic rings. The summed E-state index contributed by atoms with van der Waals surface area (Å²) < 4.78 is 13.7. The van der Waals surface area contributed by atoms with Crippen LogP contribution in [0.3, 0.4) is 0 Å². The van der Waals surface area contributed by atoms with Crippen molar-refractivity contribution >= 4 is 23.3 Å². The Balaban J connectivity index is 1.31. The number of benzene rings is 3. The van der Waals surface area contributed by atoms with E-state index in [1.807, 2.05) is 41.3 Å². The van der Waals surface area contributed by atoms with Crippen LogP contribution in [0.5, 0.6) is 0 Å². The molecule has 0 aromatic heterocycles. The zero-order chi connectivity index (χ0) is 28.1. The molecule has 5 rings (SSSR count). The number of urea groups is 1. The number of nitrogens with one attached hydrogen (secondary N) is 1. The van der Waals surface area contributed by atoms with Gasteiger partial charge in [-0.05, 0) is 78.5 Å². The topological polar surface area (TPSA) is 79.6 Å². The molecule has 40 heavy (non-hydrogen) atoms. The summed E-state index contributed by atoms with van der Waals surface area (Å²) in [6, 6.07) is 24.3. The molecule has 3 atom stereocenters. The standard InChI is InChI=1S/C32H34ClFN4O2/c33-29-19-27(9-10-30(29)34)36-31(40)38(14-13-37(15-16-39)22-23-5-2-1-3-6-23)28-11-12-32(20-26(32)18-28)25-8-4-7-24(17-25)21-35/h1-10,17,19,26,28,39H,11-16,18,20,22H2,(H,36,40)/t26?,28-,32-/m1/s1. The van der Waals surface area contributed by atoms with Crippen molar-refractivity contribution in [1.82, 2.24) is 9.80 Å². The van der Waals surface area contributed by atoms with Crippen LogP contribution in [0.1, 0.15) is 42.4 Å². The summed E-state index contributed by atoms with van der Waals surface area (Å²) in [6.45, 7) is 2.30. The lowest BCUT2D eigenvalue weighted by atomic mass is 9.80. The third-order valence-corrected chi connectivity index (χ3v) is 8.76. The van der Waals surface area contributed by atoms with Gasteiger partial charge in [-0.15, -0.1) is 0 Å². The molecule has 0 saturated heterocycles. The lowest BCUT2D eigenvalue weighted by Crippen LogP contribution is -2.48. The molecule has 0 spiro atoms. The van der Waals surface area contributed by atoms with Crippen LogP contribution in [0.4, 0.5) is 14.9 Å². The molecule has 0 radical (unpaired) electrons. The van der Waals surface area contributed by atoms with E-state index in [4.69, 9.17) is 11.6 Å². The molecule has 0 bridgehead atoms. The number of aliphatic hydroxyl groups excluding tert-OH is 1. The average molecular weight is 561 g/mol. The number of amides is 2. The summed E-state index contributed by atoms with van der Waals surface area (Å²) >= 11 is 5.97.